The fourth-order valence-corrected chi connectivity index (χ4v) is 2.48. The van der Waals surface area contributed by atoms with Gasteiger partial charge in [-0.15, -0.1) is 0 Å². The molecule has 2 unspecified atom stereocenters. The van der Waals surface area contributed by atoms with Crippen molar-refractivity contribution in [3.05, 3.63) is 34.3 Å². The van der Waals surface area contributed by atoms with Crippen molar-refractivity contribution in [2.75, 3.05) is 7.05 Å². The minimum Gasteiger partial charge on any atom is -0.299 e. The highest BCUT2D eigenvalue weighted by Gasteiger charge is 2.32. The Morgan fingerprint density at radius 1 is 1.32 bits per heavy atom. The summed E-state index contributed by atoms with van der Waals surface area (Å²) in [6, 6.07) is 7.79. The van der Waals surface area contributed by atoms with E-state index in [9.17, 15) is 9.59 Å². The van der Waals surface area contributed by atoms with E-state index in [1.54, 1.807) is 7.05 Å². The topological polar surface area (TPSA) is 49.4 Å². The summed E-state index contributed by atoms with van der Waals surface area (Å²) >= 11 is 3.40. The third-order valence-corrected chi connectivity index (χ3v) is 4.00. The van der Waals surface area contributed by atoms with Gasteiger partial charge in [0.05, 0.1) is 6.04 Å². The van der Waals surface area contributed by atoms with Crippen LogP contribution >= 0.6 is 15.9 Å². The van der Waals surface area contributed by atoms with Gasteiger partial charge in [0.2, 0.25) is 11.8 Å². The Morgan fingerprint density at radius 3 is 2.58 bits per heavy atom. The third kappa shape index (κ3) is 3.22. The average Bonchev–Trinajstić information content (AvgIpc) is 2.40. The predicted octanol–water partition coefficient (Wildman–Crippen LogP) is 2.25. The summed E-state index contributed by atoms with van der Waals surface area (Å²) < 4.78 is 1.03. The maximum Gasteiger partial charge on any atom is 0.246 e. The van der Waals surface area contributed by atoms with Crippen molar-refractivity contribution in [3.63, 3.8) is 0 Å². The Hall–Kier alpha value is -1.20. The van der Waals surface area contributed by atoms with Crippen LogP contribution in [0.25, 0.3) is 0 Å². The van der Waals surface area contributed by atoms with Gasteiger partial charge >= 0.3 is 0 Å². The number of carbonyl (C=O) groups excluding carboxylic acids is 2. The van der Waals surface area contributed by atoms with Crippen molar-refractivity contribution >= 4 is 27.7 Å². The molecule has 0 bridgehead atoms. The first-order valence-corrected chi connectivity index (χ1v) is 7.10. The second-order valence-electron chi connectivity index (χ2n) is 4.82. The molecule has 2 atom stereocenters. The molecule has 2 amide bonds. The van der Waals surface area contributed by atoms with E-state index in [-0.39, 0.29) is 23.9 Å². The summed E-state index contributed by atoms with van der Waals surface area (Å²) in [6.07, 6.45) is 0.996. The van der Waals surface area contributed by atoms with Crippen LogP contribution < -0.4 is 5.32 Å². The Labute approximate surface area is 121 Å². The van der Waals surface area contributed by atoms with Crippen LogP contribution in [-0.2, 0) is 9.59 Å². The summed E-state index contributed by atoms with van der Waals surface area (Å²) in [5.74, 6) is -0.237. The fraction of sp³-hybridized carbons (Fsp3) is 0.429. The standard InChI is InChI=1S/C14H17BrN2O2/c1-9(10-3-5-11(15)6-4-10)16-12-7-8-13(18)17(2)14(12)19/h3-6,9,12,16H,7-8H2,1-2H3. The molecule has 1 fully saturated rings. The van der Waals surface area contributed by atoms with Gasteiger partial charge in [-0.3, -0.25) is 19.8 Å². The van der Waals surface area contributed by atoms with Gasteiger partial charge in [-0.25, -0.2) is 0 Å². The first-order chi connectivity index (χ1) is 8.99. The van der Waals surface area contributed by atoms with Crippen molar-refractivity contribution < 1.29 is 9.59 Å². The number of likely N-dealkylation sites (tertiary alicyclic amines) is 1. The van der Waals surface area contributed by atoms with Gasteiger partial charge in [-0.2, -0.15) is 0 Å². The Morgan fingerprint density at radius 2 is 1.95 bits per heavy atom. The maximum absolute atomic E-state index is 12.0. The molecule has 0 spiro atoms. The summed E-state index contributed by atoms with van der Waals surface area (Å²) in [5, 5.41) is 3.30. The number of nitrogens with one attached hydrogen (secondary N) is 1. The Balaban J connectivity index is 2.02. The highest BCUT2D eigenvalue weighted by molar-refractivity contribution is 9.10. The number of piperidine rings is 1. The molecule has 0 radical (unpaired) electrons. The molecule has 102 valence electrons. The maximum atomic E-state index is 12.0. The highest BCUT2D eigenvalue weighted by Crippen LogP contribution is 2.19. The van der Waals surface area contributed by atoms with E-state index in [2.05, 4.69) is 21.2 Å². The average molecular weight is 325 g/mol. The van der Waals surface area contributed by atoms with Crippen LogP contribution in [0, 0.1) is 0 Å². The molecule has 5 heteroatoms. The molecule has 1 N–H and O–H groups in total. The first-order valence-electron chi connectivity index (χ1n) is 6.31. The van der Waals surface area contributed by atoms with E-state index in [4.69, 9.17) is 0 Å². The number of amides is 2. The molecule has 0 aromatic heterocycles. The van der Waals surface area contributed by atoms with E-state index in [0.29, 0.717) is 12.8 Å². The lowest BCUT2D eigenvalue weighted by atomic mass is 10.0. The van der Waals surface area contributed by atoms with Crippen molar-refractivity contribution in [3.8, 4) is 0 Å². The molecule has 1 aromatic carbocycles. The molecule has 0 aliphatic carbocycles. The first kappa shape index (κ1) is 14.2. The SMILES string of the molecule is CC(NC1CCC(=O)N(C)C1=O)c1ccc(Br)cc1. The number of benzene rings is 1. The number of likely N-dealkylation sites (N-methyl/N-ethyl adjacent to an activating group) is 1. The summed E-state index contributed by atoms with van der Waals surface area (Å²) in [5.41, 5.74) is 1.12. The second kappa shape index (κ2) is 5.84. The van der Waals surface area contributed by atoms with Crippen LogP contribution in [0.2, 0.25) is 0 Å². The minimum atomic E-state index is -0.277. The molecular formula is C14H17BrN2O2. The monoisotopic (exact) mass is 324 g/mol. The van der Waals surface area contributed by atoms with Gasteiger partial charge in [0, 0.05) is 24.0 Å². The Bertz CT molecular complexity index is 487. The molecule has 1 saturated heterocycles. The zero-order chi connectivity index (χ0) is 14.0. The lowest BCUT2D eigenvalue weighted by molar-refractivity contribution is -0.148. The molecule has 4 nitrogen and oxygen atoms in total. The van der Waals surface area contributed by atoms with Crippen molar-refractivity contribution in [1.82, 2.24) is 10.2 Å². The van der Waals surface area contributed by atoms with E-state index < -0.39 is 0 Å². The number of hydrogen-bond donors (Lipinski definition) is 1. The minimum absolute atomic E-state index is 0.0728. The van der Waals surface area contributed by atoms with Crippen LogP contribution in [-0.4, -0.2) is 29.8 Å². The quantitative estimate of drug-likeness (QED) is 0.867. The predicted molar refractivity (Wildman–Crippen MR) is 76.5 cm³/mol. The van der Waals surface area contributed by atoms with Gasteiger partial charge in [0.15, 0.2) is 0 Å². The van der Waals surface area contributed by atoms with E-state index in [1.165, 1.54) is 4.90 Å². The van der Waals surface area contributed by atoms with Gasteiger partial charge in [-0.05, 0) is 31.0 Å². The zero-order valence-corrected chi connectivity index (χ0v) is 12.6. The van der Waals surface area contributed by atoms with Gasteiger partial charge in [-0.1, -0.05) is 28.1 Å². The fourth-order valence-electron chi connectivity index (χ4n) is 2.22. The van der Waals surface area contributed by atoms with E-state index in [0.717, 1.165) is 10.0 Å². The van der Waals surface area contributed by atoms with Gasteiger partial charge in [0.25, 0.3) is 0 Å². The molecule has 2 rings (SSSR count). The van der Waals surface area contributed by atoms with Crippen LogP contribution in [0.3, 0.4) is 0 Å². The van der Waals surface area contributed by atoms with E-state index in [1.807, 2.05) is 31.2 Å². The number of halogens is 1. The van der Waals surface area contributed by atoms with Gasteiger partial charge in [0.1, 0.15) is 0 Å². The van der Waals surface area contributed by atoms with E-state index >= 15 is 0 Å². The van der Waals surface area contributed by atoms with Crippen LogP contribution in [0.5, 0.6) is 0 Å². The zero-order valence-electron chi connectivity index (χ0n) is 11.0. The number of nitrogens with zero attached hydrogens (tertiary/aromatic N) is 1. The van der Waals surface area contributed by atoms with Crippen LogP contribution in [0.1, 0.15) is 31.4 Å². The lowest BCUT2D eigenvalue weighted by Gasteiger charge is -2.30. The molecule has 1 aliphatic rings. The number of rotatable bonds is 3. The highest BCUT2D eigenvalue weighted by atomic mass is 79.9. The van der Waals surface area contributed by atoms with Crippen LogP contribution in [0.4, 0.5) is 0 Å². The van der Waals surface area contributed by atoms with Crippen molar-refractivity contribution in [2.45, 2.75) is 31.8 Å². The summed E-state index contributed by atoms with van der Waals surface area (Å²) in [7, 11) is 1.54. The lowest BCUT2D eigenvalue weighted by Crippen LogP contribution is -2.51. The molecule has 1 aliphatic heterocycles. The normalized spacial score (nSPS) is 21.6. The summed E-state index contributed by atoms with van der Waals surface area (Å²) in [6.45, 7) is 2.02. The van der Waals surface area contributed by atoms with Crippen molar-refractivity contribution in [1.29, 1.82) is 0 Å². The molecule has 0 saturated carbocycles. The number of hydrogen-bond acceptors (Lipinski definition) is 3. The third-order valence-electron chi connectivity index (χ3n) is 3.47. The summed E-state index contributed by atoms with van der Waals surface area (Å²) in [4.78, 5) is 24.6. The molecular weight excluding hydrogens is 308 g/mol. The van der Waals surface area contributed by atoms with Crippen LogP contribution in [0.15, 0.2) is 28.7 Å². The van der Waals surface area contributed by atoms with Gasteiger partial charge < -0.3 is 0 Å². The molecule has 19 heavy (non-hydrogen) atoms. The molecule has 1 heterocycles. The number of imide groups is 1. The smallest absolute Gasteiger partial charge is 0.246 e. The Kier molecular flexibility index (Phi) is 4.37. The van der Waals surface area contributed by atoms with Crippen molar-refractivity contribution in [2.24, 2.45) is 0 Å². The second-order valence-corrected chi connectivity index (χ2v) is 5.74. The largest absolute Gasteiger partial charge is 0.299 e. The number of carbonyl (C=O) groups is 2. The molecule has 1 aromatic rings.